The number of nitrogens with one attached hydrogen (secondary N) is 2. The Labute approximate surface area is 131 Å². The van der Waals surface area contributed by atoms with Crippen LogP contribution in [0.5, 0.6) is 0 Å². The van der Waals surface area contributed by atoms with Crippen LogP contribution in [-0.2, 0) is 6.54 Å². The van der Waals surface area contributed by atoms with Gasteiger partial charge < -0.3 is 10.6 Å². The van der Waals surface area contributed by atoms with E-state index in [1.54, 1.807) is 31.3 Å². The van der Waals surface area contributed by atoms with Crippen LogP contribution in [0.2, 0.25) is 0 Å². The maximum Gasteiger partial charge on any atom is 0.251 e. The molecule has 0 spiro atoms. The third-order valence-corrected chi connectivity index (χ3v) is 2.91. The van der Waals surface area contributed by atoms with Gasteiger partial charge in [-0.05, 0) is 23.8 Å². The molecule has 0 heterocycles. The van der Waals surface area contributed by atoms with Crippen molar-refractivity contribution in [1.29, 1.82) is 0 Å². The number of carbonyl (C=O) groups is 2. The highest BCUT2D eigenvalue weighted by Gasteiger charge is 2.09. The zero-order valence-corrected chi connectivity index (χ0v) is 13.2. The largest absolute Gasteiger partial charge is 0.355 e. The summed E-state index contributed by atoms with van der Waals surface area (Å²) >= 11 is 0. The molecule has 4 nitrogen and oxygen atoms in total. The Morgan fingerprint density at radius 2 is 1.45 bits per heavy atom. The van der Waals surface area contributed by atoms with E-state index in [0.717, 1.165) is 5.56 Å². The van der Waals surface area contributed by atoms with E-state index in [2.05, 4.69) is 10.6 Å². The zero-order valence-electron chi connectivity index (χ0n) is 13.2. The summed E-state index contributed by atoms with van der Waals surface area (Å²) in [6, 6.07) is 16.3. The predicted octanol–water partition coefficient (Wildman–Crippen LogP) is 3.00. The second-order valence-electron chi connectivity index (χ2n) is 4.33. The Balaban J connectivity index is 0.00000116. The highest BCUT2D eigenvalue weighted by molar-refractivity contribution is 5.99. The lowest BCUT2D eigenvalue weighted by atomic mass is 10.1. The van der Waals surface area contributed by atoms with E-state index >= 15 is 0 Å². The molecule has 4 heteroatoms. The molecule has 0 radical (unpaired) electrons. The second-order valence-corrected chi connectivity index (χ2v) is 4.33. The van der Waals surface area contributed by atoms with Gasteiger partial charge in [-0.3, -0.25) is 9.59 Å². The highest BCUT2D eigenvalue weighted by Crippen LogP contribution is 2.06. The summed E-state index contributed by atoms with van der Waals surface area (Å²) in [6.07, 6.45) is 0. The Kier molecular flexibility index (Phi) is 7.40. The van der Waals surface area contributed by atoms with Gasteiger partial charge in [0, 0.05) is 24.7 Å². The highest BCUT2D eigenvalue weighted by atomic mass is 16.2. The van der Waals surface area contributed by atoms with Crippen LogP contribution in [0.3, 0.4) is 0 Å². The fourth-order valence-corrected chi connectivity index (χ4v) is 1.83. The first kappa shape index (κ1) is 17.4. The van der Waals surface area contributed by atoms with E-state index in [4.69, 9.17) is 0 Å². The Hall–Kier alpha value is -2.62. The van der Waals surface area contributed by atoms with Gasteiger partial charge in [0.15, 0.2) is 0 Å². The number of hydrogen-bond acceptors (Lipinski definition) is 2. The van der Waals surface area contributed by atoms with Crippen LogP contribution in [-0.4, -0.2) is 18.9 Å². The lowest BCUT2D eigenvalue weighted by molar-refractivity contribution is 0.0951. The molecule has 2 aromatic carbocycles. The Morgan fingerprint density at radius 3 is 2.05 bits per heavy atom. The van der Waals surface area contributed by atoms with E-state index in [1.807, 2.05) is 44.2 Å². The molecule has 0 aliphatic rings. The minimum absolute atomic E-state index is 0.195. The molecular weight excluding hydrogens is 276 g/mol. The summed E-state index contributed by atoms with van der Waals surface area (Å²) in [4.78, 5) is 23.6. The van der Waals surface area contributed by atoms with Gasteiger partial charge in [0.25, 0.3) is 11.8 Å². The molecule has 2 amide bonds. The van der Waals surface area contributed by atoms with Gasteiger partial charge in [0.1, 0.15) is 0 Å². The van der Waals surface area contributed by atoms with E-state index in [9.17, 15) is 9.59 Å². The van der Waals surface area contributed by atoms with Crippen molar-refractivity contribution in [3.8, 4) is 0 Å². The van der Waals surface area contributed by atoms with E-state index in [0.29, 0.717) is 17.7 Å². The molecular formula is C18H22N2O2. The molecule has 0 saturated heterocycles. The topological polar surface area (TPSA) is 58.2 Å². The summed E-state index contributed by atoms with van der Waals surface area (Å²) in [5.74, 6) is -0.401. The third kappa shape index (κ3) is 5.05. The normalized spacial score (nSPS) is 9.23. The molecule has 0 aliphatic heterocycles. The van der Waals surface area contributed by atoms with Crippen LogP contribution in [0.1, 0.15) is 40.1 Å². The van der Waals surface area contributed by atoms with Crippen molar-refractivity contribution in [3.05, 3.63) is 71.3 Å². The molecule has 0 aromatic heterocycles. The van der Waals surface area contributed by atoms with E-state index in [1.165, 1.54) is 0 Å². The summed E-state index contributed by atoms with van der Waals surface area (Å²) in [5, 5.41) is 5.36. The Morgan fingerprint density at radius 1 is 0.864 bits per heavy atom. The summed E-state index contributed by atoms with van der Waals surface area (Å²) < 4.78 is 0. The fraction of sp³-hybridized carbons (Fsp3) is 0.222. The summed E-state index contributed by atoms with van der Waals surface area (Å²) in [5.41, 5.74) is 1.98. The lowest BCUT2D eigenvalue weighted by Crippen LogP contribution is -2.24. The SMILES string of the molecule is CC.CNC(=O)c1cccc(C(=O)NCc2ccccc2)c1. The number of benzene rings is 2. The number of amides is 2. The van der Waals surface area contributed by atoms with Crippen LogP contribution in [0.4, 0.5) is 0 Å². The van der Waals surface area contributed by atoms with Crippen molar-refractivity contribution in [2.24, 2.45) is 0 Å². The van der Waals surface area contributed by atoms with Gasteiger partial charge in [-0.2, -0.15) is 0 Å². The molecule has 0 atom stereocenters. The van der Waals surface area contributed by atoms with Crippen molar-refractivity contribution >= 4 is 11.8 Å². The first-order valence-corrected chi connectivity index (χ1v) is 7.35. The van der Waals surface area contributed by atoms with Crippen LogP contribution < -0.4 is 10.6 Å². The van der Waals surface area contributed by atoms with Crippen molar-refractivity contribution in [2.45, 2.75) is 20.4 Å². The van der Waals surface area contributed by atoms with Gasteiger partial charge in [0.05, 0.1) is 0 Å². The molecule has 2 N–H and O–H groups in total. The molecule has 0 bridgehead atoms. The first-order valence-electron chi connectivity index (χ1n) is 7.35. The van der Waals surface area contributed by atoms with Crippen LogP contribution in [0.15, 0.2) is 54.6 Å². The third-order valence-electron chi connectivity index (χ3n) is 2.91. The molecule has 2 rings (SSSR count). The Bertz CT molecular complexity index is 609. The smallest absolute Gasteiger partial charge is 0.251 e. The second kappa shape index (κ2) is 9.34. The predicted molar refractivity (Wildman–Crippen MR) is 88.8 cm³/mol. The monoisotopic (exact) mass is 298 g/mol. The number of rotatable bonds is 4. The van der Waals surface area contributed by atoms with Crippen LogP contribution >= 0.6 is 0 Å². The first-order chi connectivity index (χ1) is 10.7. The van der Waals surface area contributed by atoms with E-state index < -0.39 is 0 Å². The summed E-state index contributed by atoms with van der Waals surface area (Å²) in [6.45, 7) is 4.46. The molecule has 0 saturated carbocycles. The van der Waals surface area contributed by atoms with Crippen molar-refractivity contribution < 1.29 is 9.59 Å². The molecule has 0 unspecified atom stereocenters. The number of hydrogen-bond donors (Lipinski definition) is 2. The van der Waals surface area contributed by atoms with Crippen molar-refractivity contribution in [3.63, 3.8) is 0 Å². The molecule has 0 aliphatic carbocycles. The molecule has 22 heavy (non-hydrogen) atoms. The van der Waals surface area contributed by atoms with E-state index in [-0.39, 0.29) is 11.8 Å². The average Bonchev–Trinajstić information content (AvgIpc) is 2.61. The van der Waals surface area contributed by atoms with Gasteiger partial charge in [-0.15, -0.1) is 0 Å². The minimum atomic E-state index is -0.206. The fourth-order valence-electron chi connectivity index (χ4n) is 1.83. The van der Waals surface area contributed by atoms with Crippen LogP contribution in [0, 0.1) is 0 Å². The zero-order chi connectivity index (χ0) is 16.4. The molecule has 0 fully saturated rings. The molecule has 116 valence electrons. The standard InChI is InChI=1S/C16H16N2O2.C2H6/c1-17-15(19)13-8-5-9-14(10-13)16(20)18-11-12-6-3-2-4-7-12;1-2/h2-10H,11H2,1H3,(H,17,19)(H,18,20);1-2H3. The van der Waals surface area contributed by atoms with Gasteiger partial charge in [-0.1, -0.05) is 50.2 Å². The van der Waals surface area contributed by atoms with Crippen molar-refractivity contribution in [2.75, 3.05) is 7.05 Å². The van der Waals surface area contributed by atoms with Crippen molar-refractivity contribution in [1.82, 2.24) is 10.6 Å². The lowest BCUT2D eigenvalue weighted by Gasteiger charge is -2.06. The summed E-state index contributed by atoms with van der Waals surface area (Å²) in [7, 11) is 1.56. The van der Waals surface area contributed by atoms with Crippen LogP contribution in [0.25, 0.3) is 0 Å². The number of carbonyl (C=O) groups excluding carboxylic acids is 2. The maximum absolute atomic E-state index is 12.0. The maximum atomic E-state index is 12.0. The van der Waals surface area contributed by atoms with Gasteiger partial charge in [-0.25, -0.2) is 0 Å². The van der Waals surface area contributed by atoms with Gasteiger partial charge in [0.2, 0.25) is 0 Å². The van der Waals surface area contributed by atoms with Gasteiger partial charge >= 0.3 is 0 Å². The minimum Gasteiger partial charge on any atom is -0.355 e. The molecule has 2 aromatic rings. The average molecular weight is 298 g/mol. The quantitative estimate of drug-likeness (QED) is 0.911.